The van der Waals surface area contributed by atoms with Gasteiger partial charge in [0.1, 0.15) is 0 Å². The number of hydrogen-bond donors (Lipinski definition) is 2. The van der Waals surface area contributed by atoms with E-state index in [1.54, 1.807) is 0 Å². The molecule has 1 aromatic rings. The van der Waals surface area contributed by atoms with Gasteiger partial charge in [-0.2, -0.15) is 0 Å². The lowest BCUT2D eigenvalue weighted by Crippen LogP contribution is -2.17. The van der Waals surface area contributed by atoms with Crippen molar-refractivity contribution in [2.24, 2.45) is 5.73 Å². The first-order chi connectivity index (χ1) is 6.70. The van der Waals surface area contributed by atoms with Crippen LogP contribution in [0.5, 0.6) is 0 Å². The highest BCUT2D eigenvalue weighted by atomic mass is 16.3. The molecular weight excluding hydrogens is 174 g/mol. The third-order valence-electron chi connectivity index (χ3n) is 2.56. The molecule has 0 radical (unpaired) electrons. The average Bonchev–Trinajstić information content (AvgIpc) is 2.20. The highest BCUT2D eigenvalue weighted by Gasteiger charge is 2.13. The van der Waals surface area contributed by atoms with Crippen LogP contribution in [0.15, 0.2) is 24.3 Å². The number of aliphatic hydroxyl groups excluding tert-OH is 1. The summed E-state index contributed by atoms with van der Waals surface area (Å²) < 4.78 is 0. The summed E-state index contributed by atoms with van der Waals surface area (Å²) in [6.45, 7) is 4.94. The van der Waals surface area contributed by atoms with Crippen LogP contribution >= 0.6 is 0 Å². The second kappa shape index (κ2) is 5.13. The molecule has 0 saturated carbocycles. The molecule has 0 fully saturated rings. The van der Waals surface area contributed by atoms with Crippen LogP contribution in [0, 0.1) is 0 Å². The molecule has 0 spiro atoms. The van der Waals surface area contributed by atoms with Crippen LogP contribution in [-0.4, -0.2) is 18.3 Å². The second-order valence-corrected chi connectivity index (χ2v) is 3.90. The van der Waals surface area contributed by atoms with Crippen LogP contribution in [-0.2, 0) is 0 Å². The van der Waals surface area contributed by atoms with Crippen molar-refractivity contribution in [1.29, 1.82) is 0 Å². The molecule has 0 aliphatic heterocycles. The van der Waals surface area contributed by atoms with E-state index in [4.69, 9.17) is 5.73 Å². The van der Waals surface area contributed by atoms with E-state index in [0.29, 0.717) is 12.5 Å². The van der Waals surface area contributed by atoms with Gasteiger partial charge < -0.3 is 10.8 Å². The molecule has 0 amide bonds. The molecule has 78 valence electrons. The van der Waals surface area contributed by atoms with Crippen LogP contribution in [0.4, 0.5) is 0 Å². The normalized spacial score (nSPS) is 13.2. The van der Waals surface area contributed by atoms with Crippen molar-refractivity contribution >= 4 is 0 Å². The third kappa shape index (κ3) is 2.34. The quantitative estimate of drug-likeness (QED) is 0.766. The van der Waals surface area contributed by atoms with Gasteiger partial charge >= 0.3 is 0 Å². The maximum atomic E-state index is 9.21. The van der Waals surface area contributed by atoms with Crippen molar-refractivity contribution < 1.29 is 5.11 Å². The lowest BCUT2D eigenvalue weighted by molar-refractivity contribution is 0.267. The fourth-order valence-corrected chi connectivity index (χ4v) is 1.71. The molecule has 1 unspecified atom stereocenters. The first kappa shape index (κ1) is 11.2. The third-order valence-corrected chi connectivity index (χ3v) is 2.56. The summed E-state index contributed by atoms with van der Waals surface area (Å²) in [7, 11) is 0. The van der Waals surface area contributed by atoms with E-state index in [1.807, 2.05) is 12.1 Å². The zero-order valence-corrected chi connectivity index (χ0v) is 8.90. The molecule has 0 aliphatic rings. The topological polar surface area (TPSA) is 46.2 Å². The largest absolute Gasteiger partial charge is 0.396 e. The van der Waals surface area contributed by atoms with Gasteiger partial charge in [0.25, 0.3) is 0 Å². The lowest BCUT2D eigenvalue weighted by atomic mass is 9.89. The van der Waals surface area contributed by atoms with Gasteiger partial charge in [-0.3, -0.25) is 0 Å². The van der Waals surface area contributed by atoms with Crippen molar-refractivity contribution in [2.75, 3.05) is 13.2 Å². The first-order valence-corrected chi connectivity index (χ1v) is 5.10. The van der Waals surface area contributed by atoms with Gasteiger partial charge in [-0.05, 0) is 17.0 Å². The SMILES string of the molecule is CC(C)c1ccccc1C(CN)CO. The fraction of sp³-hybridized carbons (Fsp3) is 0.500. The van der Waals surface area contributed by atoms with E-state index < -0.39 is 0 Å². The Morgan fingerprint density at radius 3 is 2.21 bits per heavy atom. The van der Waals surface area contributed by atoms with Crippen LogP contribution in [0.3, 0.4) is 0 Å². The number of hydrogen-bond acceptors (Lipinski definition) is 2. The lowest BCUT2D eigenvalue weighted by Gasteiger charge is -2.18. The molecule has 1 atom stereocenters. The van der Waals surface area contributed by atoms with E-state index in [1.165, 1.54) is 11.1 Å². The minimum Gasteiger partial charge on any atom is -0.396 e. The Morgan fingerprint density at radius 2 is 1.79 bits per heavy atom. The Balaban J connectivity index is 3.05. The van der Waals surface area contributed by atoms with E-state index in [-0.39, 0.29) is 12.5 Å². The van der Waals surface area contributed by atoms with Crippen LogP contribution < -0.4 is 5.73 Å². The predicted molar refractivity (Wildman–Crippen MR) is 59.4 cm³/mol. The first-order valence-electron chi connectivity index (χ1n) is 5.10. The van der Waals surface area contributed by atoms with Gasteiger partial charge in [-0.25, -0.2) is 0 Å². The van der Waals surface area contributed by atoms with E-state index >= 15 is 0 Å². The number of benzene rings is 1. The summed E-state index contributed by atoms with van der Waals surface area (Å²) in [5.74, 6) is 0.556. The fourth-order valence-electron chi connectivity index (χ4n) is 1.71. The number of aliphatic hydroxyl groups is 1. The van der Waals surface area contributed by atoms with Crippen molar-refractivity contribution in [3.05, 3.63) is 35.4 Å². The van der Waals surface area contributed by atoms with Gasteiger partial charge in [0.05, 0.1) is 6.61 Å². The van der Waals surface area contributed by atoms with E-state index in [9.17, 15) is 5.11 Å². The Kier molecular flexibility index (Phi) is 4.11. The molecule has 0 bridgehead atoms. The molecular formula is C12H19NO. The van der Waals surface area contributed by atoms with Crippen molar-refractivity contribution in [2.45, 2.75) is 25.7 Å². The maximum Gasteiger partial charge on any atom is 0.0512 e. The minimum atomic E-state index is 0.0774. The Bertz CT molecular complexity index is 279. The maximum absolute atomic E-state index is 9.21. The Morgan fingerprint density at radius 1 is 1.21 bits per heavy atom. The second-order valence-electron chi connectivity index (χ2n) is 3.90. The molecule has 0 aromatic heterocycles. The zero-order valence-electron chi connectivity index (χ0n) is 8.90. The predicted octanol–water partition coefficient (Wildman–Crippen LogP) is 1.84. The molecule has 3 N–H and O–H groups in total. The summed E-state index contributed by atoms with van der Waals surface area (Å²) in [5.41, 5.74) is 8.10. The van der Waals surface area contributed by atoms with E-state index in [0.717, 1.165) is 0 Å². The smallest absolute Gasteiger partial charge is 0.0512 e. The molecule has 14 heavy (non-hydrogen) atoms. The number of nitrogens with two attached hydrogens (primary N) is 1. The number of rotatable bonds is 4. The standard InChI is InChI=1S/C12H19NO/c1-9(2)11-5-3-4-6-12(11)10(7-13)8-14/h3-6,9-10,14H,7-8,13H2,1-2H3. The summed E-state index contributed by atoms with van der Waals surface area (Å²) in [4.78, 5) is 0. The average molecular weight is 193 g/mol. The molecule has 1 aromatic carbocycles. The summed E-state index contributed by atoms with van der Waals surface area (Å²) >= 11 is 0. The van der Waals surface area contributed by atoms with Crippen molar-refractivity contribution in [1.82, 2.24) is 0 Å². The summed E-state index contributed by atoms with van der Waals surface area (Å²) in [6.07, 6.45) is 0. The highest BCUT2D eigenvalue weighted by molar-refractivity contribution is 5.33. The minimum absolute atomic E-state index is 0.0774. The van der Waals surface area contributed by atoms with E-state index in [2.05, 4.69) is 26.0 Å². The van der Waals surface area contributed by atoms with Crippen LogP contribution in [0.25, 0.3) is 0 Å². The van der Waals surface area contributed by atoms with Gasteiger partial charge in [0, 0.05) is 12.5 Å². The molecule has 0 saturated heterocycles. The van der Waals surface area contributed by atoms with Crippen LogP contribution in [0.2, 0.25) is 0 Å². The summed E-state index contributed by atoms with van der Waals surface area (Å²) in [5, 5.41) is 9.21. The molecule has 2 heteroatoms. The van der Waals surface area contributed by atoms with Crippen LogP contribution in [0.1, 0.15) is 36.8 Å². The monoisotopic (exact) mass is 193 g/mol. The van der Waals surface area contributed by atoms with Gasteiger partial charge in [0.15, 0.2) is 0 Å². The molecule has 2 nitrogen and oxygen atoms in total. The van der Waals surface area contributed by atoms with Crippen molar-refractivity contribution in [3.63, 3.8) is 0 Å². The zero-order chi connectivity index (χ0) is 10.6. The Hall–Kier alpha value is -0.860. The van der Waals surface area contributed by atoms with Gasteiger partial charge in [-0.15, -0.1) is 0 Å². The molecule has 0 heterocycles. The molecule has 1 rings (SSSR count). The summed E-state index contributed by atoms with van der Waals surface area (Å²) in [6, 6.07) is 8.20. The molecule has 0 aliphatic carbocycles. The van der Waals surface area contributed by atoms with Gasteiger partial charge in [0.2, 0.25) is 0 Å². The highest BCUT2D eigenvalue weighted by Crippen LogP contribution is 2.25. The van der Waals surface area contributed by atoms with Crippen molar-refractivity contribution in [3.8, 4) is 0 Å². The van der Waals surface area contributed by atoms with Gasteiger partial charge in [-0.1, -0.05) is 38.1 Å². The Labute approximate surface area is 85.8 Å².